The maximum atomic E-state index is 6.08. The van der Waals surface area contributed by atoms with Gasteiger partial charge >= 0.3 is 0 Å². The number of hydrogen-bond donors (Lipinski definition) is 0. The Morgan fingerprint density at radius 2 is 1.95 bits per heavy atom. The third kappa shape index (κ3) is 3.14. The molecule has 1 saturated heterocycles. The topological polar surface area (TPSA) is 21.1 Å². The molecule has 1 aliphatic heterocycles. The van der Waals surface area contributed by atoms with Crippen molar-refractivity contribution in [1.82, 2.24) is 14.7 Å². The van der Waals surface area contributed by atoms with Crippen LogP contribution in [-0.4, -0.2) is 33.1 Å². The van der Waals surface area contributed by atoms with E-state index in [1.807, 2.05) is 0 Å². The Kier molecular flexibility index (Phi) is 4.44. The predicted molar refractivity (Wildman–Crippen MR) is 78.5 cm³/mol. The van der Waals surface area contributed by atoms with Crippen LogP contribution in [-0.2, 0) is 6.54 Å². The number of piperidine rings is 1. The van der Waals surface area contributed by atoms with Crippen LogP contribution >= 0.6 is 11.6 Å². The van der Waals surface area contributed by atoms with Gasteiger partial charge in [0, 0.05) is 24.7 Å². The lowest BCUT2D eigenvalue weighted by molar-refractivity contribution is 0.152. The molecule has 0 radical (unpaired) electrons. The first-order valence-corrected chi connectivity index (χ1v) is 8.24. The number of nitrogens with zero attached hydrogens (tertiary/aromatic N) is 3. The third-order valence-electron chi connectivity index (χ3n) is 4.65. The number of aromatic nitrogens is 2. The van der Waals surface area contributed by atoms with Gasteiger partial charge < -0.3 is 0 Å². The van der Waals surface area contributed by atoms with E-state index in [2.05, 4.69) is 21.8 Å². The number of alkyl halides is 1. The lowest BCUT2D eigenvalue weighted by Gasteiger charge is -2.33. The summed E-state index contributed by atoms with van der Waals surface area (Å²) in [6.45, 7) is 2.14. The van der Waals surface area contributed by atoms with E-state index in [1.54, 1.807) is 0 Å². The lowest BCUT2D eigenvalue weighted by Crippen LogP contribution is -2.40. The maximum absolute atomic E-state index is 6.08. The summed E-state index contributed by atoms with van der Waals surface area (Å²) in [4.78, 5) is 2.51. The molecule has 0 bridgehead atoms. The van der Waals surface area contributed by atoms with Crippen molar-refractivity contribution in [2.75, 3.05) is 12.4 Å². The molecule has 4 heteroatoms. The van der Waals surface area contributed by atoms with Gasteiger partial charge in [0.15, 0.2) is 0 Å². The first kappa shape index (κ1) is 13.4. The van der Waals surface area contributed by atoms with E-state index in [1.165, 1.54) is 57.2 Å². The molecule has 19 heavy (non-hydrogen) atoms. The van der Waals surface area contributed by atoms with Gasteiger partial charge in [-0.15, -0.1) is 11.6 Å². The van der Waals surface area contributed by atoms with Crippen LogP contribution < -0.4 is 0 Å². The molecule has 2 fully saturated rings. The van der Waals surface area contributed by atoms with Crippen LogP contribution in [0.25, 0.3) is 0 Å². The second-order valence-electron chi connectivity index (χ2n) is 6.00. The van der Waals surface area contributed by atoms with E-state index in [0.717, 1.165) is 12.4 Å². The Hall–Kier alpha value is -0.540. The largest absolute Gasteiger partial charge is 0.293 e. The lowest BCUT2D eigenvalue weighted by atomic mass is 10.0. The molecule has 1 unspecified atom stereocenters. The summed E-state index contributed by atoms with van der Waals surface area (Å²) >= 11 is 6.08. The summed E-state index contributed by atoms with van der Waals surface area (Å²) < 4.78 is 2.20. The van der Waals surface area contributed by atoms with Crippen molar-refractivity contribution < 1.29 is 0 Å². The molecule has 0 amide bonds. The van der Waals surface area contributed by atoms with Crippen molar-refractivity contribution in [2.24, 2.45) is 0 Å². The third-order valence-corrected chi connectivity index (χ3v) is 5.01. The van der Waals surface area contributed by atoms with Crippen molar-refractivity contribution in [1.29, 1.82) is 0 Å². The zero-order valence-electron chi connectivity index (χ0n) is 11.6. The molecule has 0 N–H and O–H groups in total. The predicted octanol–water partition coefficient (Wildman–Crippen LogP) is 3.59. The van der Waals surface area contributed by atoms with E-state index in [4.69, 9.17) is 16.7 Å². The minimum Gasteiger partial charge on any atom is -0.293 e. The van der Waals surface area contributed by atoms with Gasteiger partial charge in [0.1, 0.15) is 0 Å². The Labute approximate surface area is 120 Å². The molecule has 0 spiro atoms. The molecule has 1 atom stereocenters. The second kappa shape index (κ2) is 6.27. The Morgan fingerprint density at radius 3 is 2.74 bits per heavy atom. The molecule has 106 valence electrons. The second-order valence-corrected chi connectivity index (χ2v) is 6.31. The average molecular weight is 282 g/mol. The number of likely N-dealkylation sites (tertiary alicyclic amines) is 1. The molecule has 1 aromatic rings. The van der Waals surface area contributed by atoms with Crippen LogP contribution in [0.4, 0.5) is 0 Å². The highest BCUT2D eigenvalue weighted by Crippen LogP contribution is 2.29. The highest BCUT2D eigenvalue weighted by molar-refractivity contribution is 6.18. The number of hydrogen-bond acceptors (Lipinski definition) is 2. The highest BCUT2D eigenvalue weighted by Gasteiger charge is 2.23. The van der Waals surface area contributed by atoms with Crippen LogP contribution in [0.3, 0.4) is 0 Å². The maximum Gasteiger partial charge on any atom is 0.0765 e. The smallest absolute Gasteiger partial charge is 0.0765 e. The molecule has 2 aliphatic rings. The SMILES string of the molecule is ClCC1CCCCN1Cc1ccn(C2CCCC2)n1. The molecule has 3 rings (SSSR count). The molecule has 1 saturated carbocycles. The molecular weight excluding hydrogens is 258 g/mol. The van der Waals surface area contributed by atoms with Gasteiger partial charge in [0.2, 0.25) is 0 Å². The van der Waals surface area contributed by atoms with Crippen molar-refractivity contribution in [3.8, 4) is 0 Å². The summed E-state index contributed by atoms with van der Waals surface area (Å²) in [5.74, 6) is 0.753. The number of rotatable bonds is 4. The normalized spacial score (nSPS) is 26.1. The summed E-state index contributed by atoms with van der Waals surface area (Å²) in [5, 5.41) is 4.79. The van der Waals surface area contributed by atoms with E-state index in [0.29, 0.717) is 12.1 Å². The Bertz CT molecular complexity index is 398. The first-order chi connectivity index (χ1) is 9.36. The molecule has 3 nitrogen and oxygen atoms in total. The van der Waals surface area contributed by atoms with Crippen molar-refractivity contribution in [3.05, 3.63) is 18.0 Å². The quantitative estimate of drug-likeness (QED) is 0.787. The van der Waals surface area contributed by atoms with Gasteiger partial charge in [0.05, 0.1) is 11.7 Å². The standard InChI is InChI=1S/C15H24ClN3/c16-11-15-7-3-4-9-18(15)12-13-8-10-19(17-13)14-5-1-2-6-14/h8,10,14-15H,1-7,9,11-12H2. The van der Waals surface area contributed by atoms with E-state index in [-0.39, 0.29) is 0 Å². The average Bonchev–Trinajstić information content (AvgIpc) is 3.09. The van der Waals surface area contributed by atoms with Crippen LogP contribution in [0, 0.1) is 0 Å². The van der Waals surface area contributed by atoms with Crippen LogP contribution in [0.15, 0.2) is 12.3 Å². The fourth-order valence-corrected chi connectivity index (χ4v) is 3.83. The van der Waals surface area contributed by atoms with Gasteiger partial charge in [-0.2, -0.15) is 5.10 Å². The summed E-state index contributed by atoms with van der Waals surface area (Å²) in [7, 11) is 0. The minimum atomic E-state index is 0.548. The fraction of sp³-hybridized carbons (Fsp3) is 0.800. The molecular formula is C15H24ClN3. The highest BCUT2D eigenvalue weighted by atomic mass is 35.5. The fourth-order valence-electron chi connectivity index (χ4n) is 3.48. The van der Waals surface area contributed by atoms with Crippen LogP contribution in [0.5, 0.6) is 0 Å². The van der Waals surface area contributed by atoms with Crippen LogP contribution in [0.1, 0.15) is 56.7 Å². The monoisotopic (exact) mass is 281 g/mol. The zero-order chi connectivity index (χ0) is 13.1. The first-order valence-electron chi connectivity index (χ1n) is 7.71. The van der Waals surface area contributed by atoms with Crippen molar-refractivity contribution >= 4 is 11.6 Å². The number of halogens is 1. The molecule has 0 aromatic carbocycles. The van der Waals surface area contributed by atoms with Crippen molar-refractivity contribution in [2.45, 2.75) is 63.6 Å². The van der Waals surface area contributed by atoms with Gasteiger partial charge in [0.25, 0.3) is 0 Å². The van der Waals surface area contributed by atoms with Gasteiger partial charge in [-0.25, -0.2) is 0 Å². The Morgan fingerprint density at radius 1 is 1.16 bits per heavy atom. The van der Waals surface area contributed by atoms with Gasteiger partial charge in [-0.3, -0.25) is 9.58 Å². The minimum absolute atomic E-state index is 0.548. The summed E-state index contributed by atoms with van der Waals surface area (Å²) in [5.41, 5.74) is 1.21. The van der Waals surface area contributed by atoms with Crippen LogP contribution in [0.2, 0.25) is 0 Å². The van der Waals surface area contributed by atoms with E-state index >= 15 is 0 Å². The van der Waals surface area contributed by atoms with Gasteiger partial charge in [-0.05, 0) is 38.3 Å². The summed E-state index contributed by atoms with van der Waals surface area (Å²) in [6.07, 6.45) is 11.4. The summed E-state index contributed by atoms with van der Waals surface area (Å²) in [6, 6.07) is 3.39. The molecule has 1 aromatic heterocycles. The Balaban J connectivity index is 1.62. The van der Waals surface area contributed by atoms with Gasteiger partial charge in [-0.1, -0.05) is 19.3 Å². The van der Waals surface area contributed by atoms with E-state index < -0.39 is 0 Å². The van der Waals surface area contributed by atoms with E-state index in [9.17, 15) is 0 Å². The zero-order valence-corrected chi connectivity index (χ0v) is 12.4. The van der Waals surface area contributed by atoms with Crippen molar-refractivity contribution in [3.63, 3.8) is 0 Å². The molecule has 2 heterocycles. The molecule has 1 aliphatic carbocycles.